The summed E-state index contributed by atoms with van der Waals surface area (Å²) in [6.07, 6.45) is 1.41. The number of rotatable bonds is 1. The lowest BCUT2D eigenvalue weighted by Gasteiger charge is -2.29. The van der Waals surface area contributed by atoms with E-state index in [4.69, 9.17) is 0 Å². The van der Waals surface area contributed by atoms with Crippen LogP contribution in [0.15, 0.2) is 11.1 Å². The fraction of sp³-hybridized carbons (Fsp3) is 0.818. The molecule has 0 aromatic heterocycles. The summed E-state index contributed by atoms with van der Waals surface area (Å²) in [6.45, 7) is 7.50. The molecule has 0 N–H and O–H groups in total. The van der Waals surface area contributed by atoms with Gasteiger partial charge in [0.25, 0.3) is 0 Å². The van der Waals surface area contributed by atoms with E-state index in [1.165, 1.54) is 32.7 Å². The van der Waals surface area contributed by atoms with Gasteiger partial charge < -0.3 is 0 Å². The van der Waals surface area contributed by atoms with E-state index in [1.54, 1.807) is 0 Å². The summed E-state index contributed by atoms with van der Waals surface area (Å²) < 4.78 is 0. The predicted molar refractivity (Wildman–Crippen MR) is 51.2 cm³/mol. The molecule has 2 saturated heterocycles. The fourth-order valence-corrected chi connectivity index (χ4v) is 3.47. The molecule has 2 aliphatic carbocycles. The van der Waals surface area contributed by atoms with Crippen LogP contribution in [0.4, 0.5) is 0 Å². The minimum absolute atomic E-state index is 0.961. The first kappa shape index (κ1) is 7.02. The average molecular weight is 176 g/mol. The SMILES string of the molecule is CCN1CC2C3=C(C3)C2C2CN2C1. The molecule has 2 aliphatic heterocycles. The first-order valence-corrected chi connectivity index (χ1v) is 5.56. The lowest BCUT2D eigenvalue weighted by molar-refractivity contribution is 0.216. The zero-order chi connectivity index (χ0) is 8.58. The third-order valence-electron chi connectivity index (χ3n) is 4.41. The Morgan fingerprint density at radius 3 is 3.08 bits per heavy atom. The van der Waals surface area contributed by atoms with Crippen molar-refractivity contribution < 1.29 is 0 Å². The fourth-order valence-electron chi connectivity index (χ4n) is 3.47. The van der Waals surface area contributed by atoms with Crippen LogP contribution in [0.1, 0.15) is 13.3 Å². The Hall–Kier alpha value is -0.340. The standard InChI is InChI=1S/C11H16N2/c1-2-12-4-9-7-3-8(7)11(9)10-5-13(10)6-12/h9-11H,2-6H2,1H3. The Kier molecular flexibility index (Phi) is 1.09. The second-order valence-corrected chi connectivity index (χ2v) is 5.01. The number of hydrogen-bond donors (Lipinski definition) is 0. The highest BCUT2D eigenvalue weighted by molar-refractivity contribution is 5.52. The van der Waals surface area contributed by atoms with Gasteiger partial charge in [0.2, 0.25) is 0 Å². The van der Waals surface area contributed by atoms with Gasteiger partial charge in [-0.15, -0.1) is 0 Å². The monoisotopic (exact) mass is 176 g/mol. The minimum Gasteiger partial charge on any atom is -0.290 e. The molecule has 0 radical (unpaired) electrons. The second kappa shape index (κ2) is 2.01. The Bertz CT molecular complexity index is 307. The highest BCUT2D eigenvalue weighted by atomic mass is 15.4. The molecule has 4 unspecified atom stereocenters. The Morgan fingerprint density at radius 2 is 2.23 bits per heavy atom. The van der Waals surface area contributed by atoms with Crippen LogP contribution in [-0.4, -0.2) is 42.1 Å². The van der Waals surface area contributed by atoms with Crippen LogP contribution in [0, 0.1) is 11.8 Å². The van der Waals surface area contributed by atoms with Crippen LogP contribution < -0.4 is 0 Å². The first-order valence-electron chi connectivity index (χ1n) is 5.56. The van der Waals surface area contributed by atoms with Gasteiger partial charge in [0.1, 0.15) is 0 Å². The van der Waals surface area contributed by atoms with Crippen LogP contribution in [0.5, 0.6) is 0 Å². The van der Waals surface area contributed by atoms with Gasteiger partial charge in [0.15, 0.2) is 0 Å². The second-order valence-electron chi connectivity index (χ2n) is 5.01. The maximum Gasteiger partial charge on any atom is 0.0510 e. The summed E-state index contributed by atoms with van der Waals surface area (Å²) in [5.41, 5.74) is 3.70. The van der Waals surface area contributed by atoms with Crippen molar-refractivity contribution in [1.29, 1.82) is 0 Å². The Balaban J connectivity index is 1.64. The maximum absolute atomic E-state index is 2.65. The van der Waals surface area contributed by atoms with E-state index >= 15 is 0 Å². The molecule has 70 valence electrons. The van der Waals surface area contributed by atoms with Gasteiger partial charge in [0.05, 0.1) is 6.67 Å². The molecule has 0 amide bonds. The number of fused-ring (bicyclic) bond motifs is 5. The molecular weight excluding hydrogens is 160 g/mol. The smallest absolute Gasteiger partial charge is 0.0510 e. The third-order valence-corrected chi connectivity index (χ3v) is 4.41. The predicted octanol–water partition coefficient (Wildman–Crippen LogP) is 0.910. The topological polar surface area (TPSA) is 6.25 Å². The Labute approximate surface area is 79.2 Å². The van der Waals surface area contributed by atoms with E-state index in [-0.39, 0.29) is 0 Å². The summed E-state index contributed by atoms with van der Waals surface area (Å²) in [6, 6.07) is 0.961. The normalized spacial score (nSPS) is 51.5. The molecule has 4 atom stereocenters. The van der Waals surface area contributed by atoms with Gasteiger partial charge in [-0.25, -0.2) is 0 Å². The van der Waals surface area contributed by atoms with Gasteiger partial charge in [-0.3, -0.25) is 9.80 Å². The van der Waals surface area contributed by atoms with Crippen molar-refractivity contribution in [3.63, 3.8) is 0 Å². The Morgan fingerprint density at radius 1 is 1.31 bits per heavy atom. The molecule has 0 spiro atoms. The average Bonchev–Trinajstić information content (AvgIpc) is 2.94. The van der Waals surface area contributed by atoms with Crippen LogP contribution >= 0.6 is 0 Å². The van der Waals surface area contributed by atoms with E-state index in [9.17, 15) is 0 Å². The number of nitrogens with zero attached hydrogens (tertiary/aromatic N) is 2. The van der Waals surface area contributed by atoms with Crippen molar-refractivity contribution in [1.82, 2.24) is 9.80 Å². The summed E-state index contributed by atoms with van der Waals surface area (Å²) in [5.74, 6) is 1.99. The summed E-state index contributed by atoms with van der Waals surface area (Å²) >= 11 is 0. The van der Waals surface area contributed by atoms with Crippen LogP contribution in [0.2, 0.25) is 0 Å². The van der Waals surface area contributed by atoms with Crippen LogP contribution in [-0.2, 0) is 0 Å². The van der Waals surface area contributed by atoms with Crippen molar-refractivity contribution in [3.05, 3.63) is 11.1 Å². The molecular formula is C11H16N2. The van der Waals surface area contributed by atoms with Crippen molar-refractivity contribution in [3.8, 4) is 0 Å². The van der Waals surface area contributed by atoms with Gasteiger partial charge in [-0.2, -0.15) is 0 Å². The van der Waals surface area contributed by atoms with Gasteiger partial charge >= 0.3 is 0 Å². The maximum atomic E-state index is 2.65. The van der Waals surface area contributed by atoms with E-state index in [0.717, 1.165) is 17.9 Å². The van der Waals surface area contributed by atoms with Crippen molar-refractivity contribution in [2.24, 2.45) is 11.8 Å². The molecule has 0 bridgehead atoms. The minimum atomic E-state index is 0.961. The highest BCUT2D eigenvalue weighted by Gasteiger charge is 2.59. The lowest BCUT2D eigenvalue weighted by Crippen LogP contribution is -2.34. The summed E-state index contributed by atoms with van der Waals surface area (Å²) in [4.78, 5) is 5.27. The molecule has 0 aromatic rings. The largest absolute Gasteiger partial charge is 0.290 e. The molecule has 0 aromatic carbocycles. The molecule has 0 saturated carbocycles. The summed E-state index contributed by atoms with van der Waals surface area (Å²) in [5, 5.41) is 0. The molecule has 4 aliphatic rings. The zero-order valence-electron chi connectivity index (χ0n) is 8.16. The van der Waals surface area contributed by atoms with Gasteiger partial charge in [0, 0.05) is 31.0 Å². The van der Waals surface area contributed by atoms with Crippen molar-refractivity contribution in [2.75, 3.05) is 26.3 Å². The van der Waals surface area contributed by atoms with Crippen molar-refractivity contribution in [2.45, 2.75) is 19.4 Å². The molecule has 2 nitrogen and oxygen atoms in total. The lowest BCUT2D eigenvalue weighted by atomic mass is 9.79. The quantitative estimate of drug-likeness (QED) is 0.433. The number of hydrogen-bond acceptors (Lipinski definition) is 2. The first-order chi connectivity index (χ1) is 6.38. The van der Waals surface area contributed by atoms with Gasteiger partial charge in [-0.05, 0) is 13.0 Å². The van der Waals surface area contributed by atoms with E-state index < -0.39 is 0 Å². The zero-order valence-corrected chi connectivity index (χ0v) is 8.16. The molecule has 2 heterocycles. The molecule has 2 heteroatoms. The molecule has 13 heavy (non-hydrogen) atoms. The van der Waals surface area contributed by atoms with E-state index in [1.807, 2.05) is 11.1 Å². The molecule has 4 rings (SSSR count). The van der Waals surface area contributed by atoms with Crippen LogP contribution in [0.3, 0.4) is 0 Å². The summed E-state index contributed by atoms with van der Waals surface area (Å²) in [7, 11) is 0. The van der Waals surface area contributed by atoms with E-state index in [0.29, 0.717) is 0 Å². The molecule has 2 fully saturated rings. The highest BCUT2D eigenvalue weighted by Crippen LogP contribution is 2.62. The third kappa shape index (κ3) is 0.767. The van der Waals surface area contributed by atoms with Crippen LogP contribution in [0.25, 0.3) is 0 Å². The van der Waals surface area contributed by atoms with E-state index in [2.05, 4.69) is 16.7 Å². The van der Waals surface area contributed by atoms with Crippen molar-refractivity contribution >= 4 is 0 Å². The van der Waals surface area contributed by atoms with Gasteiger partial charge in [-0.1, -0.05) is 18.1 Å².